The van der Waals surface area contributed by atoms with Crippen LogP contribution in [0.4, 0.5) is 5.13 Å². The quantitative estimate of drug-likeness (QED) is 0.805. The second kappa shape index (κ2) is 5.55. The number of rotatable bonds is 6. The van der Waals surface area contributed by atoms with Gasteiger partial charge >= 0.3 is 0 Å². The highest BCUT2D eigenvalue weighted by atomic mass is 32.2. The zero-order valence-electron chi connectivity index (χ0n) is 9.60. The largest absolute Gasteiger partial charge is 0.359 e. The van der Waals surface area contributed by atoms with Gasteiger partial charge in [0.25, 0.3) is 0 Å². The van der Waals surface area contributed by atoms with Crippen molar-refractivity contribution < 1.29 is 8.42 Å². The van der Waals surface area contributed by atoms with Crippen LogP contribution in [0, 0.1) is 0 Å². The summed E-state index contributed by atoms with van der Waals surface area (Å²) in [6.07, 6.45) is 0.786. The third kappa shape index (κ3) is 3.69. The Morgan fingerprint density at radius 3 is 2.62 bits per heavy atom. The molecule has 1 heterocycles. The molecule has 0 aliphatic heterocycles. The first-order valence-corrected chi connectivity index (χ1v) is 7.30. The van der Waals surface area contributed by atoms with Crippen molar-refractivity contribution in [2.24, 2.45) is 0 Å². The third-order valence-electron chi connectivity index (χ3n) is 1.98. The lowest BCUT2D eigenvalue weighted by Gasteiger charge is -2.10. The topological polar surface area (TPSA) is 75.2 Å². The Labute approximate surface area is 99.9 Å². The molecule has 0 amide bonds. The Hall–Kier alpha value is -0.730. The van der Waals surface area contributed by atoms with E-state index in [9.17, 15) is 8.42 Å². The molecule has 0 spiro atoms. The summed E-state index contributed by atoms with van der Waals surface area (Å²) in [4.78, 5) is 4.18. The van der Waals surface area contributed by atoms with E-state index in [0.29, 0.717) is 11.7 Å². The van der Waals surface area contributed by atoms with Gasteiger partial charge in [0.15, 0.2) is 0 Å². The van der Waals surface area contributed by atoms with Crippen LogP contribution in [0.2, 0.25) is 0 Å². The summed E-state index contributed by atoms with van der Waals surface area (Å²) in [5.41, 5.74) is 0. The van der Waals surface area contributed by atoms with E-state index in [1.54, 1.807) is 0 Å². The number of hydrogen-bond donors (Lipinski definition) is 1. The zero-order chi connectivity index (χ0) is 12.2. The van der Waals surface area contributed by atoms with E-state index >= 15 is 0 Å². The molecule has 0 unspecified atom stereocenters. The van der Waals surface area contributed by atoms with E-state index in [-0.39, 0.29) is 5.75 Å². The maximum Gasteiger partial charge on any atom is 0.215 e. The summed E-state index contributed by atoms with van der Waals surface area (Å²) in [7, 11) is -0.0933. The Morgan fingerprint density at radius 2 is 2.12 bits per heavy atom. The maximum atomic E-state index is 11.4. The molecular formula is C8H16N4O2S2. The van der Waals surface area contributed by atoms with Crippen LogP contribution in [-0.2, 0) is 16.4 Å². The van der Waals surface area contributed by atoms with Crippen molar-refractivity contribution in [2.75, 3.05) is 31.7 Å². The van der Waals surface area contributed by atoms with Gasteiger partial charge in [-0.2, -0.15) is 4.37 Å². The van der Waals surface area contributed by atoms with Gasteiger partial charge in [-0.05, 0) is 0 Å². The van der Waals surface area contributed by atoms with Gasteiger partial charge in [-0.1, -0.05) is 6.92 Å². The van der Waals surface area contributed by atoms with Crippen LogP contribution in [0.3, 0.4) is 0 Å². The minimum atomic E-state index is -3.14. The predicted octanol–water partition coefficient (Wildman–Crippen LogP) is 0.404. The molecule has 0 aliphatic rings. The van der Waals surface area contributed by atoms with E-state index in [4.69, 9.17) is 0 Å². The fourth-order valence-corrected chi connectivity index (χ4v) is 2.34. The molecule has 0 radical (unpaired) electrons. The van der Waals surface area contributed by atoms with Gasteiger partial charge in [0.05, 0.1) is 5.75 Å². The Bertz CT molecular complexity index is 427. The minimum Gasteiger partial charge on any atom is -0.359 e. The number of aryl methyl sites for hydroxylation is 1. The highest BCUT2D eigenvalue weighted by Gasteiger charge is 2.13. The summed E-state index contributed by atoms with van der Waals surface area (Å²) in [6.45, 7) is 2.32. The van der Waals surface area contributed by atoms with Crippen molar-refractivity contribution in [3.8, 4) is 0 Å². The van der Waals surface area contributed by atoms with E-state index in [1.165, 1.54) is 29.9 Å². The molecule has 16 heavy (non-hydrogen) atoms. The molecule has 1 aromatic heterocycles. The van der Waals surface area contributed by atoms with Crippen LogP contribution >= 0.6 is 11.5 Å². The van der Waals surface area contributed by atoms with E-state index in [2.05, 4.69) is 14.7 Å². The summed E-state index contributed by atoms with van der Waals surface area (Å²) < 4.78 is 28.2. The number of nitrogens with one attached hydrogen (secondary N) is 1. The third-order valence-corrected chi connectivity index (χ3v) is 4.52. The summed E-state index contributed by atoms with van der Waals surface area (Å²) in [5.74, 6) is 0.837. The van der Waals surface area contributed by atoms with Gasteiger partial charge in [0.2, 0.25) is 15.2 Å². The molecule has 0 aromatic carbocycles. The zero-order valence-corrected chi connectivity index (χ0v) is 11.2. The van der Waals surface area contributed by atoms with Gasteiger partial charge in [-0.3, -0.25) is 0 Å². The second-order valence-electron chi connectivity index (χ2n) is 3.39. The highest BCUT2D eigenvalue weighted by Crippen LogP contribution is 2.10. The lowest BCUT2D eigenvalue weighted by Crippen LogP contribution is -2.28. The van der Waals surface area contributed by atoms with Crippen molar-refractivity contribution in [2.45, 2.75) is 13.3 Å². The molecule has 92 valence electrons. The first-order valence-electron chi connectivity index (χ1n) is 4.92. The average molecular weight is 264 g/mol. The first-order chi connectivity index (χ1) is 7.45. The van der Waals surface area contributed by atoms with Crippen molar-refractivity contribution >= 4 is 26.7 Å². The molecule has 8 heteroatoms. The van der Waals surface area contributed by atoms with Gasteiger partial charge in [-0.25, -0.2) is 17.7 Å². The smallest absolute Gasteiger partial charge is 0.215 e. The van der Waals surface area contributed by atoms with Crippen molar-refractivity contribution in [3.05, 3.63) is 5.82 Å². The number of hydrogen-bond acceptors (Lipinski definition) is 6. The maximum absolute atomic E-state index is 11.4. The van der Waals surface area contributed by atoms with Gasteiger partial charge in [-0.15, -0.1) is 0 Å². The molecular weight excluding hydrogens is 248 g/mol. The number of anilines is 1. The molecule has 0 atom stereocenters. The van der Waals surface area contributed by atoms with Crippen molar-refractivity contribution in [1.29, 1.82) is 0 Å². The summed E-state index contributed by atoms with van der Waals surface area (Å²) in [5, 5.41) is 3.62. The van der Waals surface area contributed by atoms with E-state index in [1.807, 2.05) is 6.92 Å². The fourth-order valence-electron chi connectivity index (χ4n) is 0.939. The molecule has 1 N–H and O–H groups in total. The van der Waals surface area contributed by atoms with Gasteiger partial charge in [0, 0.05) is 38.6 Å². The Morgan fingerprint density at radius 1 is 1.44 bits per heavy atom. The summed E-state index contributed by atoms with van der Waals surface area (Å²) >= 11 is 1.25. The van der Waals surface area contributed by atoms with Crippen LogP contribution < -0.4 is 5.32 Å². The molecule has 0 fully saturated rings. The number of aromatic nitrogens is 2. The molecule has 6 nitrogen and oxygen atoms in total. The van der Waals surface area contributed by atoms with Crippen LogP contribution in [0.5, 0.6) is 0 Å². The number of nitrogens with zero attached hydrogens (tertiary/aromatic N) is 3. The molecule has 1 aromatic rings. The van der Waals surface area contributed by atoms with E-state index < -0.39 is 10.0 Å². The molecule has 0 saturated heterocycles. The monoisotopic (exact) mass is 264 g/mol. The molecule has 0 saturated carbocycles. The van der Waals surface area contributed by atoms with Crippen molar-refractivity contribution in [1.82, 2.24) is 13.7 Å². The van der Waals surface area contributed by atoms with Crippen LogP contribution in [0.15, 0.2) is 0 Å². The Kier molecular flexibility index (Phi) is 4.63. The average Bonchev–Trinajstić information content (AvgIpc) is 2.65. The molecule has 0 aliphatic carbocycles. The summed E-state index contributed by atoms with van der Waals surface area (Å²) in [6, 6.07) is 0. The fraction of sp³-hybridized carbons (Fsp3) is 0.750. The van der Waals surface area contributed by atoms with Gasteiger partial charge in [0.1, 0.15) is 5.82 Å². The van der Waals surface area contributed by atoms with Crippen LogP contribution in [0.1, 0.15) is 12.7 Å². The lowest BCUT2D eigenvalue weighted by atomic mass is 10.5. The van der Waals surface area contributed by atoms with E-state index in [0.717, 1.165) is 12.2 Å². The Balaban J connectivity index is 2.42. The minimum absolute atomic E-state index is 0.0566. The highest BCUT2D eigenvalue weighted by molar-refractivity contribution is 7.89. The number of sulfonamides is 1. The first kappa shape index (κ1) is 13.3. The van der Waals surface area contributed by atoms with Gasteiger partial charge < -0.3 is 5.32 Å². The SMILES string of the molecule is CCc1nsc(NCCS(=O)(=O)N(C)C)n1. The standard InChI is InChI=1S/C8H16N4O2S2/c1-4-7-10-8(15-11-7)9-5-6-16(13,14)12(2)3/h4-6H2,1-3H3,(H,9,10,11). The second-order valence-corrected chi connectivity index (χ2v) is 6.45. The van der Waals surface area contributed by atoms with Crippen LogP contribution in [0.25, 0.3) is 0 Å². The normalized spacial score (nSPS) is 12.0. The predicted molar refractivity (Wildman–Crippen MR) is 65.3 cm³/mol. The molecule has 0 bridgehead atoms. The van der Waals surface area contributed by atoms with Crippen LogP contribution in [-0.4, -0.2) is 48.5 Å². The van der Waals surface area contributed by atoms with Crippen molar-refractivity contribution in [3.63, 3.8) is 0 Å². The molecule has 1 rings (SSSR count). The lowest BCUT2D eigenvalue weighted by molar-refractivity contribution is 0.521.